The summed E-state index contributed by atoms with van der Waals surface area (Å²) in [6, 6.07) is 11.1. The zero-order valence-corrected chi connectivity index (χ0v) is 15.4. The van der Waals surface area contributed by atoms with Gasteiger partial charge in [-0.05, 0) is 50.6 Å². The molecule has 3 rings (SSSR count). The number of aryl methyl sites for hydroxylation is 1. The Bertz CT molecular complexity index is 930. The summed E-state index contributed by atoms with van der Waals surface area (Å²) in [6.07, 6.45) is 0. The first-order valence-corrected chi connectivity index (χ1v) is 8.65. The Labute approximate surface area is 157 Å². The molecule has 0 bridgehead atoms. The lowest BCUT2D eigenvalue weighted by atomic mass is 9.96. The minimum atomic E-state index is -0.808. The number of aliphatic hydroxyl groups is 1. The third-order valence-electron chi connectivity index (χ3n) is 4.50. The molecule has 2 aromatic rings. The van der Waals surface area contributed by atoms with E-state index < -0.39 is 23.5 Å². The predicted molar refractivity (Wildman–Crippen MR) is 101 cm³/mol. The SMILES string of the molecule is CCOc1cc([C@@H]2C(C(C)=O)=C(O)C(=O)N2c2ccc(C)cc2)ccc1O. The van der Waals surface area contributed by atoms with Gasteiger partial charge in [-0.1, -0.05) is 23.8 Å². The van der Waals surface area contributed by atoms with Gasteiger partial charge in [0.25, 0.3) is 5.91 Å². The van der Waals surface area contributed by atoms with E-state index in [9.17, 15) is 19.8 Å². The fourth-order valence-corrected chi connectivity index (χ4v) is 3.22. The summed E-state index contributed by atoms with van der Waals surface area (Å²) in [5, 5.41) is 20.3. The molecule has 1 aliphatic heterocycles. The number of Topliss-reactive ketones (excluding diaryl/α,β-unsaturated/α-hetero) is 1. The van der Waals surface area contributed by atoms with Gasteiger partial charge in [0.1, 0.15) is 0 Å². The van der Waals surface area contributed by atoms with Gasteiger partial charge in [-0.2, -0.15) is 0 Å². The van der Waals surface area contributed by atoms with E-state index in [4.69, 9.17) is 4.74 Å². The van der Waals surface area contributed by atoms with Crippen LogP contribution in [0.3, 0.4) is 0 Å². The van der Waals surface area contributed by atoms with Crippen LogP contribution in [-0.2, 0) is 9.59 Å². The Morgan fingerprint density at radius 2 is 1.81 bits per heavy atom. The molecule has 1 heterocycles. The van der Waals surface area contributed by atoms with Gasteiger partial charge in [0, 0.05) is 5.69 Å². The van der Waals surface area contributed by atoms with Crippen molar-refractivity contribution in [2.24, 2.45) is 0 Å². The first-order chi connectivity index (χ1) is 12.8. The fourth-order valence-electron chi connectivity index (χ4n) is 3.22. The van der Waals surface area contributed by atoms with Crippen LogP contribution in [0, 0.1) is 6.92 Å². The minimum Gasteiger partial charge on any atom is -0.504 e. The third-order valence-corrected chi connectivity index (χ3v) is 4.50. The van der Waals surface area contributed by atoms with Crippen LogP contribution in [0.4, 0.5) is 5.69 Å². The molecule has 1 aliphatic rings. The van der Waals surface area contributed by atoms with E-state index in [1.165, 1.54) is 17.9 Å². The van der Waals surface area contributed by atoms with Gasteiger partial charge in [-0.3, -0.25) is 14.5 Å². The Balaban J connectivity index is 2.17. The van der Waals surface area contributed by atoms with Crippen LogP contribution in [0.1, 0.15) is 31.0 Å². The van der Waals surface area contributed by atoms with Crippen molar-refractivity contribution in [3.63, 3.8) is 0 Å². The predicted octanol–water partition coefficient (Wildman–Crippen LogP) is 3.59. The van der Waals surface area contributed by atoms with E-state index in [1.54, 1.807) is 31.2 Å². The van der Waals surface area contributed by atoms with Crippen LogP contribution in [-0.4, -0.2) is 28.5 Å². The second-order valence-electron chi connectivity index (χ2n) is 6.39. The van der Waals surface area contributed by atoms with Crippen molar-refractivity contribution < 1.29 is 24.5 Å². The Hall–Kier alpha value is -3.28. The number of rotatable bonds is 5. The van der Waals surface area contributed by atoms with Crippen LogP contribution < -0.4 is 9.64 Å². The van der Waals surface area contributed by atoms with Crippen molar-refractivity contribution in [2.45, 2.75) is 26.8 Å². The van der Waals surface area contributed by atoms with Crippen LogP contribution >= 0.6 is 0 Å². The Kier molecular flexibility index (Phi) is 4.90. The molecule has 140 valence electrons. The number of hydrogen-bond acceptors (Lipinski definition) is 5. The average Bonchev–Trinajstić information content (AvgIpc) is 2.89. The normalized spacial score (nSPS) is 16.8. The monoisotopic (exact) mass is 367 g/mol. The molecule has 6 heteroatoms. The third kappa shape index (κ3) is 3.26. The summed E-state index contributed by atoms with van der Waals surface area (Å²) in [5.41, 5.74) is 2.16. The van der Waals surface area contributed by atoms with Gasteiger partial charge in [-0.15, -0.1) is 0 Å². The maximum Gasteiger partial charge on any atom is 0.294 e. The lowest BCUT2D eigenvalue weighted by Gasteiger charge is -2.27. The standard InChI is InChI=1S/C21H21NO5/c1-4-27-17-11-14(7-10-16(17)24)19-18(13(3)23)20(25)21(26)22(19)15-8-5-12(2)6-9-15/h5-11,19,24-25H,4H2,1-3H3/t19-/m1/s1. The summed E-state index contributed by atoms with van der Waals surface area (Å²) in [7, 11) is 0. The highest BCUT2D eigenvalue weighted by molar-refractivity contribution is 6.16. The number of anilines is 1. The number of carbonyl (C=O) groups excluding carboxylic acids is 2. The summed E-state index contributed by atoms with van der Waals surface area (Å²) < 4.78 is 5.43. The molecule has 1 amide bonds. The van der Waals surface area contributed by atoms with E-state index in [2.05, 4.69) is 0 Å². The molecule has 2 N–H and O–H groups in total. The fraction of sp³-hybridized carbons (Fsp3) is 0.238. The number of amides is 1. The van der Waals surface area contributed by atoms with Gasteiger partial charge in [0.2, 0.25) is 0 Å². The number of phenols is 1. The van der Waals surface area contributed by atoms with E-state index in [0.717, 1.165) is 5.56 Å². The highest BCUT2D eigenvalue weighted by Crippen LogP contribution is 2.42. The Morgan fingerprint density at radius 3 is 2.41 bits per heavy atom. The molecule has 1 atom stereocenters. The summed E-state index contributed by atoms with van der Waals surface area (Å²) in [6.45, 7) is 5.38. The van der Waals surface area contributed by atoms with Gasteiger partial charge < -0.3 is 14.9 Å². The number of phenolic OH excluding ortho intramolecular Hbond substituents is 1. The number of carbonyl (C=O) groups is 2. The van der Waals surface area contributed by atoms with Crippen LogP contribution in [0.25, 0.3) is 0 Å². The molecule has 0 spiro atoms. The molecule has 0 radical (unpaired) electrons. The summed E-state index contributed by atoms with van der Waals surface area (Å²) >= 11 is 0. The van der Waals surface area contributed by atoms with Crippen LogP contribution in [0.15, 0.2) is 53.8 Å². The van der Waals surface area contributed by atoms with Gasteiger partial charge in [0.15, 0.2) is 23.0 Å². The molecule has 6 nitrogen and oxygen atoms in total. The second kappa shape index (κ2) is 7.15. The molecule has 0 saturated carbocycles. The topological polar surface area (TPSA) is 87.1 Å². The number of benzene rings is 2. The van der Waals surface area contributed by atoms with E-state index >= 15 is 0 Å². The lowest BCUT2D eigenvalue weighted by Crippen LogP contribution is -2.30. The highest BCUT2D eigenvalue weighted by Gasteiger charge is 2.43. The molecular weight excluding hydrogens is 346 g/mol. The maximum absolute atomic E-state index is 12.8. The first kappa shape index (κ1) is 18.5. The minimum absolute atomic E-state index is 0.0220. The number of aliphatic hydroxyl groups excluding tert-OH is 1. The summed E-state index contributed by atoms with van der Waals surface area (Å²) in [4.78, 5) is 26.4. The van der Waals surface area contributed by atoms with Gasteiger partial charge >= 0.3 is 0 Å². The number of ether oxygens (including phenoxy) is 1. The largest absolute Gasteiger partial charge is 0.504 e. The molecule has 0 aromatic heterocycles. The van der Waals surface area contributed by atoms with Crippen molar-refractivity contribution in [2.75, 3.05) is 11.5 Å². The lowest BCUT2D eigenvalue weighted by molar-refractivity contribution is -0.117. The quantitative estimate of drug-likeness (QED) is 0.843. The van der Waals surface area contributed by atoms with Crippen molar-refractivity contribution >= 4 is 17.4 Å². The van der Waals surface area contributed by atoms with Crippen molar-refractivity contribution in [1.82, 2.24) is 0 Å². The van der Waals surface area contributed by atoms with Gasteiger partial charge in [0.05, 0.1) is 18.2 Å². The van der Waals surface area contributed by atoms with Gasteiger partial charge in [-0.25, -0.2) is 0 Å². The van der Waals surface area contributed by atoms with Crippen molar-refractivity contribution in [1.29, 1.82) is 0 Å². The van der Waals surface area contributed by atoms with E-state index in [1.807, 2.05) is 19.1 Å². The highest BCUT2D eigenvalue weighted by atomic mass is 16.5. The van der Waals surface area contributed by atoms with E-state index in [0.29, 0.717) is 17.9 Å². The zero-order valence-electron chi connectivity index (χ0n) is 15.4. The van der Waals surface area contributed by atoms with Crippen LogP contribution in [0.2, 0.25) is 0 Å². The van der Waals surface area contributed by atoms with Crippen molar-refractivity contribution in [3.8, 4) is 11.5 Å². The average molecular weight is 367 g/mol. The molecular formula is C21H21NO5. The molecule has 0 fully saturated rings. The maximum atomic E-state index is 12.8. The smallest absolute Gasteiger partial charge is 0.294 e. The zero-order chi connectivity index (χ0) is 19.7. The number of nitrogens with zero attached hydrogens (tertiary/aromatic N) is 1. The first-order valence-electron chi connectivity index (χ1n) is 8.65. The summed E-state index contributed by atoms with van der Waals surface area (Å²) in [5.74, 6) is -1.38. The Morgan fingerprint density at radius 1 is 1.15 bits per heavy atom. The second-order valence-corrected chi connectivity index (χ2v) is 6.39. The number of ketones is 1. The molecule has 0 aliphatic carbocycles. The van der Waals surface area contributed by atoms with Crippen LogP contribution in [0.5, 0.6) is 11.5 Å². The van der Waals surface area contributed by atoms with E-state index in [-0.39, 0.29) is 17.1 Å². The molecule has 2 aromatic carbocycles. The molecule has 27 heavy (non-hydrogen) atoms. The molecule has 0 unspecified atom stereocenters. The molecule has 0 saturated heterocycles. The van der Waals surface area contributed by atoms with Crippen molar-refractivity contribution in [3.05, 3.63) is 64.9 Å². The number of hydrogen-bond donors (Lipinski definition) is 2. The number of aromatic hydroxyl groups is 1.